The van der Waals surface area contributed by atoms with E-state index in [2.05, 4.69) is 9.36 Å². The first-order valence-electron chi connectivity index (χ1n) is 3.86. The van der Waals surface area contributed by atoms with Gasteiger partial charge < -0.3 is 5.73 Å². The van der Waals surface area contributed by atoms with Gasteiger partial charge in [-0.3, -0.25) is 0 Å². The molecule has 3 nitrogen and oxygen atoms in total. The number of aromatic nitrogens is 2. The molecule has 1 aromatic heterocycles. The minimum atomic E-state index is 0.454. The first-order valence-corrected chi connectivity index (χ1v) is 6.20. The van der Waals surface area contributed by atoms with Gasteiger partial charge >= 0.3 is 0 Å². The summed E-state index contributed by atoms with van der Waals surface area (Å²) in [6.45, 7) is 0. The Bertz CT molecular complexity index is 473. The lowest BCUT2D eigenvalue weighted by molar-refractivity contribution is 1.21. The van der Waals surface area contributed by atoms with Crippen molar-refractivity contribution in [1.82, 2.24) is 9.36 Å². The second kappa shape index (κ2) is 4.57. The molecule has 2 N–H and O–H groups in total. The average molecular weight is 278 g/mol. The van der Waals surface area contributed by atoms with Crippen LogP contribution in [0.3, 0.4) is 0 Å². The third-order valence-electron chi connectivity index (χ3n) is 1.59. The summed E-state index contributed by atoms with van der Waals surface area (Å²) in [5, 5.41) is 0.939. The smallest absolute Gasteiger partial charge is 0.174 e. The van der Waals surface area contributed by atoms with Gasteiger partial charge in [-0.2, -0.15) is 4.37 Å². The maximum absolute atomic E-state index is 5.89. The molecule has 7 heteroatoms. The Hall–Kier alpha value is -0.490. The van der Waals surface area contributed by atoms with Crippen molar-refractivity contribution < 1.29 is 0 Å². The van der Waals surface area contributed by atoms with Gasteiger partial charge in [0, 0.05) is 10.6 Å². The van der Waals surface area contributed by atoms with Crippen molar-refractivity contribution in [2.75, 3.05) is 5.73 Å². The molecular formula is C8H5Cl2N3S2. The van der Waals surface area contributed by atoms with Crippen molar-refractivity contribution in [2.45, 2.75) is 9.24 Å². The summed E-state index contributed by atoms with van der Waals surface area (Å²) in [5.74, 6) is 0. The predicted octanol–water partition coefficient (Wildman–Crippen LogP) is 3.58. The van der Waals surface area contributed by atoms with Crippen LogP contribution in [0.15, 0.2) is 27.7 Å². The zero-order chi connectivity index (χ0) is 10.8. The zero-order valence-corrected chi connectivity index (χ0v) is 10.4. The number of anilines is 1. The number of hydrogen-bond donors (Lipinski definition) is 1. The monoisotopic (exact) mass is 277 g/mol. The SMILES string of the molecule is Nc1cc(Cl)c(Cl)cc1Sc1ncns1. The Balaban J connectivity index is 2.33. The van der Waals surface area contributed by atoms with Crippen molar-refractivity contribution in [2.24, 2.45) is 0 Å². The Morgan fingerprint density at radius 1 is 1.27 bits per heavy atom. The van der Waals surface area contributed by atoms with Crippen LogP contribution in [0.2, 0.25) is 10.0 Å². The molecule has 0 radical (unpaired) electrons. The van der Waals surface area contributed by atoms with Crippen LogP contribution in [-0.2, 0) is 0 Å². The fraction of sp³-hybridized carbons (Fsp3) is 0. The first-order chi connectivity index (χ1) is 7.16. The van der Waals surface area contributed by atoms with E-state index < -0.39 is 0 Å². The second-order valence-electron chi connectivity index (χ2n) is 2.61. The lowest BCUT2D eigenvalue weighted by atomic mass is 10.3. The van der Waals surface area contributed by atoms with Gasteiger partial charge in [-0.05, 0) is 23.7 Å². The first kappa shape index (κ1) is 11.0. The molecule has 0 atom stereocenters. The van der Waals surface area contributed by atoms with E-state index in [0.29, 0.717) is 15.7 Å². The Kier molecular flexibility index (Phi) is 3.35. The molecule has 0 saturated carbocycles. The van der Waals surface area contributed by atoms with E-state index in [1.54, 1.807) is 12.1 Å². The minimum absolute atomic E-state index is 0.454. The van der Waals surface area contributed by atoms with Crippen LogP contribution in [0, 0.1) is 0 Å². The Morgan fingerprint density at radius 2 is 2.00 bits per heavy atom. The molecule has 0 aliphatic rings. The maximum atomic E-state index is 5.89. The number of halogens is 2. The molecule has 0 aliphatic heterocycles. The van der Waals surface area contributed by atoms with E-state index in [4.69, 9.17) is 28.9 Å². The highest BCUT2D eigenvalue weighted by Gasteiger charge is 2.08. The molecule has 78 valence electrons. The number of hydrogen-bond acceptors (Lipinski definition) is 5. The average Bonchev–Trinajstić information content (AvgIpc) is 2.67. The molecule has 1 heterocycles. The van der Waals surface area contributed by atoms with E-state index >= 15 is 0 Å². The van der Waals surface area contributed by atoms with Gasteiger partial charge in [-0.1, -0.05) is 35.0 Å². The molecule has 0 saturated heterocycles. The molecule has 1 aromatic carbocycles. The summed E-state index contributed by atoms with van der Waals surface area (Å²) >= 11 is 14.4. The van der Waals surface area contributed by atoms with E-state index in [1.807, 2.05) is 0 Å². The van der Waals surface area contributed by atoms with E-state index in [1.165, 1.54) is 29.6 Å². The number of nitrogens with two attached hydrogens (primary N) is 1. The van der Waals surface area contributed by atoms with Crippen LogP contribution in [0.5, 0.6) is 0 Å². The quantitative estimate of drug-likeness (QED) is 0.853. The Labute approximate surface area is 105 Å². The highest BCUT2D eigenvalue weighted by Crippen LogP contribution is 2.37. The van der Waals surface area contributed by atoms with Crippen molar-refractivity contribution in [1.29, 1.82) is 0 Å². The van der Waals surface area contributed by atoms with E-state index in [0.717, 1.165) is 9.24 Å². The summed E-state index contributed by atoms with van der Waals surface area (Å²) in [6, 6.07) is 3.36. The molecular weight excluding hydrogens is 273 g/mol. The number of nitrogen functional groups attached to an aromatic ring is 1. The van der Waals surface area contributed by atoms with E-state index in [9.17, 15) is 0 Å². The predicted molar refractivity (Wildman–Crippen MR) is 64.9 cm³/mol. The fourth-order valence-electron chi connectivity index (χ4n) is 0.934. The van der Waals surface area contributed by atoms with Crippen LogP contribution >= 0.6 is 46.5 Å². The zero-order valence-electron chi connectivity index (χ0n) is 7.28. The van der Waals surface area contributed by atoms with Gasteiger partial charge in [0.15, 0.2) is 4.34 Å². The summed E-state index contributed by atoms with van der Waals surface area (Å²) in [5.41, 5.74) is 6.39. The van der Waals surface area contributed by atoms with Crippen LogP contribution in [0.1, 0.15) is 0 Å². The maximum Gasteiger partial charge on any atom is 0.174 e. The lowest BCUT2D eigenvalue weighted by Crippen LogP contribution is -1.88. The lowest BCUT2D eigenvalue weighted by Gasteiger charge is -2.04. The third kappa shape index (κ3) is 2.55. The van der Waals surface area contributed by atoms with Crippen LogP contribution in [-0.4, -0.2) is 9.36 Å². The molecule has 0 spiro atoms. The van der Waals surface area contributed by atoms with Gasteiger partial charge in [0.2, 0.25) is 0 Å². The topological polar surface area (TPSA) is 51.8 Å². The standard InChI is InChI=1S/C8H5Cl2N3S2/c9-4-1-6(11)7(2-5(4)10)14-8-12-3-13-15-8/h1-3H,11H2. The Morgan fingerprint density at radius 3 is 2.67 bits per heavy atom. The molecule has 0 amide bonds. The number of benzene rings is 1. The minimum Gasteiger partial charge on any atom is -0.398 e. The third-order valence-corrected chi connectivity index (χ3v) is 4.10. The van der Waals surface area contributed by atoms with Crippen LogP contribution in [0.4, 0.5) is 5.69 Å². The number of nitrogens with zero attached hydrogens (tertiary/aromatic N) is 2. The van der Waals surface area contributed by atoms with Gasteiger partial charge in [0.25, 0.3) is 0 Å². The van der Waals surface area contributed by atoms with E-state index in [-0.39, 0.29) is 0 Å². The molecule has 0 unspecified atom stereocenters. The summed E-state index contributed by atoms with van der Waals surface area (Å²) in [6.07, 6.45) is 1.50. The van der Waals surface area contributed by atoms with Crippen molar-refractivity contribution in [3.05, 3.63) is 28.5 Å². The molecule has 0 bridgehead atoms. The molecule has 0 fully saturated rings. The second-order valence-corrected chi connectivity index (χ2v) is 5.50. The van der Waals surface area contributed by atoms with Gasteiger partial charge in [0.05, 0.1) is 10.0 Å². The van der Waals surface area contributed by atoms with Crippen LogP contribution < -0.4 is 5.73 Å². The molecule has 2 aromatic rings. The molecule has 15 heavy (non-hydrogen) atoms. The van der Waals surface area contributed by atoms with Gasteiger partial charge in [-0.25, -0.2) is 4.98 Å². The summed E-state index contributed by atoms with van der Waals surface area (Å²) < 4.78 is 4.72. The normalized spacial score (nSPS) is 10.5. The van der Waals surface area contributed by atoms with Crippen LogP contribution in [0.25, 0.3) is 0 Å². The molecule has 2 rings (SSSR count). The highest BCUT2D eigenvalue weighted by molar-refractivity contribution is 8.01. The number of rotatable bonds is 2. The molecule has 0 aliphatic carbocycles. The van der Waals surface area contributed by atoms with Gasteiger partial charge in [-0.15, -0.1) is 0 Å². The largest absolute Gasteiger partial charge is 0.398 e. The van der Waals surface area contributed by atoms with Crippen molar-refractivity contribution in [3.8, 4) is 0 Å². The summed E-state index contributed by atoms with van der Waals surface area (Å²) in [7, 11) is 0. The summed E-state index contributed by atoms with van der Waals surface area (Å²) in [4.78, 5) is 4.88. The van der Waals surface area contributed by atoms with Crippen molar-refractivity contribution >= 4 is 52.2 Å². The van der Waals surface area contributed by atoms with Gasteiger partial charge in [0.1, 0.15) is 6.33 Å². The van der Waals surface area contributed by atoms with Crippen molar-refractivity contribution in [3.63, 3.8) is 0 Å². The highest BCUT2D eigenvalue weighted by atomic mass is 35.5. The fourth-order valence-corrected chi connectivity index (χ4v) is 2.80.